The fourth-order valence-electron chi connectivity index (χ4n) is 2.48. The summed E-state index contributed by atoms with van der Waals surface area (Å²) >= 11 is 0. The third-order valence-corrected chi connectivity index (χ3v) is 3.77. The molecule has 0 radical (unpaired) electrons. The van der Waals surface area contributed by atoms with E-state index < -0.39 is 11.8 Å². The molecule has 0 aliphatic heterocycles. The summed E-state index contributed by atoms with van der Waals surface area (Å²) in [6.07, 6.45) is 0.289. The van der Waals surface area contributed by atoms with Gasteiger partial charge in [0.25, 0.3) is 0 Å². The molecule has 1 heterocycles. The molecule has 0 aliphatic rings. The number of esters is 1. The number of rotatable bonds is 5. The first-order valence-corrected chi connectivity index (χ1v) is 8.26. The first kappa shape index (κ1) is 18.1. The summed E-state index contributed by atoms with van der Waals surface area (Å²) in [6.45, 7) is 1.89. The van der Waals surface area contributed by atoms with Crippen molar-refractivity contribution >= 4 is 5.97 Å². The van der Waals surface area contributed by atoms with Crippen LogP contribution in [-0.2, 0) is 11.2 Å². The molecule has 0 atom stereocenters. The van der Waals surface area contributed by atoms with E-state index in [9.17, 15) is 9.18 Å². The molecule has 6 nitrogen and oxygen atoms in total. The molecule has 0 aliphatic carbocycles. The van der Waals surface area contributed by atoms with Gasteiger partial charge in [0, 0.05) is 12.0 Å². The van der Waals surface area contributed by atoms with E-state index in [0.717, 1.165) is 5.56 Å². The van der Waals surface area contributed by atoms with Gasteiger partial charge < -0.3 is 4.74 Å². The van der Waals surface area contributed by atoms with Crippen LogP contribution < -0.4 is 0 Å². The maximum absolute atomic E-state index is 13.5. The van der Waals surface area contributed by atoms with E-state index in [1.807, 2.05) is 0 Å². The summed E-state index contributed by atoms with van der Waals surface area (Å²) < 4.78 is 18.5. The van der Waals surface area contributed by atoms with Crippen LogP contribution in [0.1, 0.15) is 34.2 Å². The fourth-order valence-corrected chi connectivity index (χ4v) is 2.48. The Morgan fingerprint density at radius 3 is 2.63 bits per heavy atom. The molecule has 0 spiro atoms. The van der Waals surface area contributed by atoms with Crippen molar-refractivity contribution in [2.24, 2.45) is 0 Å². The van der Waals surface area contributed by atoms with Crippen LogP contribution in [0.15, 0.2) is 48.5 Å². The van der Waals surface area contributed by atoms with Crippen LogP contribution in [0.5, 0.6) is 0 Å². The van der Waals surface area contributed by atoms with Crippen LogP contribution in [0.4, 0.5) is 4.39 Å². The lowest BCUT2D eigenvalue weighted by atomic mass is 10.1. The largest absolute Gasteiger partial charge is 0.461 e. The third-order valence-electron chi connectivity index (χ3n) is 3.77. The number of aromatic nitrogens is 3. The monoisotopic (exact) mass is 362 g/mol. The fraction of sp³-hybridized carbons (Fsp3) is 0.150. The highest BCUT2D eigenvalue weighted by molar-refractivity contribution is 5.88. The molecule has 3 aromatic rings. The lowest BCUT2D eigenvalue weighted by Gasteiger charge is -2.09. The summed E-state index contributed by atoms with van der Waals surface area (Å²) in [5.74, 6) is -0.822. The molecule has 134 valence electrons. The number of nitrogens with zero attached hydrogens (tertiary/aromatic N) is 4. The Kier molecular flexibility index (Phi) is 5.47. The Hall–Kier alpha value is -3.66. The number of hydrogen-bond donors (Lipinski definition) is 0. The van der Waals surface area contributed by atoms with Crippen molar-refractivity contribution in [2.75, 3.05) is 6.61 Å². The number of carbonyl (C=O) groups is 1. The lowest BCUT2D eigenvalue weighted by Crippen LogP contribution is -2.15. The maximum atomic E-state index is 13.5. The standard InChI is InChI=1S/C20H15FN4O2/c1-2-27-20(26)18-17(10-13-6-8-14(12-22)9-7-13)23-19(25-24-18)15-4-3-5-16(21)11-15/h3-9,11H,2,10H2,1H3. The summed E-state index contributed by atoms with van der Waals surface area (Å²) in [5, 5.41) is 16.8. The van der Waals surface area contributed by atoms with Crippen LogP contribution in [0.25, 0.3) is 11.4 Å². The second-order valence-corrected chi connectivity index (χ2v) is 5.65. The average molecular weight is 362 g/mol. The van der Waals surface area contributed by atoms with Crippen LogP contribution in [-0.4, -0.2) is 27.8 Å². The predicted octanol–water partition coefficient (Wildman–Crippen LogP) is 3.32. The van der Waals surface area contributed by atoms with Gasteiger partial charge in [-0.2, -0.15) is 5.26 Å². The van der Waals surface area contributed by atoms with E-state index in [2.05, 4.69) is 21.3 Å². The Labute approximate surface area is 155 Å². The maximum Gasteiger partial charge on any atom is 0.360 e. The minimum absolute atomic E-state index is 0.0152. The van der Waals surface area contributed by atoms with Gasteiger partial charge in [-0.3, -0.25) is 0 Å². The molecule has 27 heavy (non-hydrogen) atoms. The Bertz CT molecular complexity index is 1010. The number of hydrogen-bond acceptors (Lipinski definition) is 6. The summed E-state index contributed by atoms with van der Waals surface area (Å²) in [6, 6.07) is 14.8. The minimum atomic E-state index is -0.619. The molecule has 3 rings (SSSR count). The van der Waals surface area contributed by atoms with Crippen molar-refractivity contribution in [3.05, 3.63) is 76.9 Å². The number of halogens is 1. The summed E-state index contributed by atoms with van der Waals surface area (Å²) in [5.41, 5.74) is 2.21. The van der Waals surface area contributed by atoms with Gasteiger partial charge in [0.2, 0.25) is 0 Å². The highest BCUT2D eigenvalue weighted by atomic mass is 19.1. The van der Waals surface area contributed by atoms with E-state index in [1.165, 1.54) is 12.1 Å². The molecule has 2 aromatic carbocycles. The molecular weight excluding hydrogens is 347 g/mol. The van der Waals surface area contributed by atoms with Gasteiger partial charge in [0.15, 0.2) is 11.5 Å². The van der Waals surface area contributed by atoms with Crippen LogP contribution in [0.2, 0.25) is 0 Å². The first-order valence-electron chi connectivity index (χ1n) is 8.26. The topological polar surface area (TPSA) is 88.8 Å². The number of benzene rings is 2. The van der Waals surface area contributed by atoms with Crippen molar-refractivity contribution in [1.82, 2.24) is 15.2 Å². The molecule has 0 unspecified atom stereocenters. The molecule has 0 fully saturated rings. The smallest absolute Gasteiger partial charge is 0.360 e. The molecule has 0 N–H and O–H groups in total. The molecule has 0 saturated heterocycles. The average Bonchev–Trinajstić information content (AvgIpc) is 2.68. The van der Waals surface area contributed by atoms with E-state index in [4.69, 9.17) is 10.00 Å². The minimum Gasteiger partial charge on any atom is -0.461 e. The van der Waals surface area contributed by atoms with Gasteiger partial charge in [0.1, 0.15) is 5.82 Å². The SMILES string of the molecule is CCOC(=O)c1nnc(-c2cccc(F)c2)nc1Cc1ccc(C#N)cc1. The van der Waals surface area contributed by atoms with Crippen molar-refractivity contribution < 1.29 is 13.9 Å². The van der Waals surface area contributed by atoms with Gasteiger partial charge in [0.05, 0.1) is 23.9 Å². The van der Waals surface area contributed by atoms with Gasteiger partial charge in [-0.25, -0.2) is 14.2 Å². The number of nitriles is 1. The summed E-state index contributed by atoms with van der Waals surface area (Å²) in [7, 11) is 0. The van der Waals surface area contributed by atoms with Crippen molar-refractivity contribution in [3.8, 4) is 17.5 Å². The van der Waals surface area contributed by atoms with Crippen LogP contribution >= 0.6 is 0 Å². The molecule has 0 bridgehead atoms. The Morgan fingerprint density at radius 2 is 1.96 bits per heavy atom. The number of ether oxygens (including phenoxy) is 1. The highest BCUT2D eigenvalue weighted by Crippen LogP contribution is 2.19. The normalized spacial score (nSPS) is 10.3. The van der Waals surface area contributed by atoms with E-state index in [0.29, 0.717) is 16.8 Å². The second kappa shape index (κ2) is 8.15. The van der Waals surface area contributed by atoms with Crippen LogP contribution in [0.3, 0.4) is 0 Å². The predicted molar refractivity (Wildman–Crippen MR) is 95.1 cm³/mol. The molecule has 0 amide bonds. The Balaban J connectivity index is 2.02. The highest BCUT2D eigenvalue weighted by Gasteiger charge is 2.19. The lowest BCUT2D eigenvalue weighted by molar-refractivity contribution is 0.0516. The zero-order valence-electron chi connectivity index (χ0n) is 14.5. The zero-order chi connectivity index (χ0) is 19.2. The quantitative estimate of drug-likeness (QED) is 0.647. The molecular formula is C20H15FN4O2. The third kappa shape index (κ3) is 4.30. The van der Waals surface area contributed by atoms with E-state index in [1.54, 1.807) is 43.3 Å². The molecule has 1 aromatic heterocycles. The zero-order valence-corrected chi connectivity index (χ0v) is 14.5. The second-order valence-electron chi connectivity index (χ2n) is 5.65. The van der Waals surface area contributed by atoms with Crippen molar-refractivity contribution in [3.63, 3.8) is 0 Å². The van der Waals surface area contributed by atoms with Gasteiger partial charge in [-0.15, -0.1) is 10.2 Å². The number of carbonyl (C=O) groups excluding carboxylic acids is 1. The summed E-state index contributed by atoms with van der Waals surface area (Å²) in [4.78, 5) is 16.6. The van der Waals surface area contributed by atoms with Gasteiger partial charge >= 0.3 is 5.97 Å². The van der Waals surface area contributed by atoms with E-state index in [-0.39, 0.29) is 24.5 Å². The molecule has 7 heteroatoms. The first-order chi connectivity index (χ1) is 13.1. The van der Waals surface area contributed by atoms with Crippen molar-refractivity contribution in [2.45, 2.75) is 13.3 Å². The van der Waals surface area contributed by atoms with Gasteiger partial charge in [-0.1, -0.05) is 24.3 Å². The van der Waals surface area contributed by atoms with E-state index >= 15 is 0 Å². The van der Waals surface area contributed by atoms with Gasteiger partial charge in [-0.05, 0) is 36.8 Å². The van der Waals surface area contributed by atoms with Crippen LogP contribution in [0, 0.1) is 17.1 Å². The van der Waals surface area contributed by atoms with Crippen molar-refractivity contribution in [1.29, 1.82) is 5.26 Å². The Morgan fingerprint density at radius 1 is 1.19 bits per heavy atom. The molecule has 0 saturated carbocycles.